The van der Waals surface area contributed by atoms with Crippen LogP contribution < -0.4 is 5.32 Å². The molecular weight excluding hydrogens is 664 g/mol. The van der Waals surface area contributed by atoms with Crippen LogP contribution in [0.5, 0.6) is 0 Å². The van der Waals surface area contributed by atoms with E-state index in [1.807, 2.05) is 24.4 Å². The third kappa shape index (κ3) is 8.24. The van der Waals surface area contributed by atoms with Crippen molar-refractivity contribution in [3.8, 4) is 17.3 Å². The fraction of sp³-hybridized carbons (Fsp3) is 0.286. The highest BCUT2D eigenvalue weighted by Crippen LogP contribution is 2.41. The van der Waals surface area contributed by atoms with Crippen molar-refractivity contribution < 1.29 is 33.2 Å². The average molecular weight is 700 g/mol. The molecule has 258 valence electrons. The van der Waals surface area contributed by atoms with Gasteiger partial charge in [-0.05, 0) is 56.1 Å². The lowest BCUT2D eigenvalue weighted by Gasteiger charge is -2.38. The van der Waals surface area contributed by atoms with Gasteiger partial charge in [-0.25, -0.2) is 19.2 Å². The predicted octanol–water partition coefficient (Wildman–Crippen LogP) is 5.38. The van der Waals surface area contributed by atoms with Crippen molar-refractivity contribution in [2.45, 2.75) is 31.6 Å². The van der Waals surface area contributed by atoms with E-state index in [4.69, 9.17) is 19.7 Å². The zero-order valence-electron chi connectivity index (χ0n) is 27.9. The first-order valence-corrected chi connectivity index (χ1v) is 16.4. The number of rotatable bonds is 13. The molecule has 2 aromatic heterocycles. The monoisotopic (exact) mass is 699 g/mol. The van der Waals surface area contributed by atoms with E-state index < -0.39 is 35.6 Å². The summed E-state index contributed by atoms with van der Waals surface area (Å²) >= 11 is 1.35. The molecule has 13 nitrogen and oxygen atoms in total. The number of nitrogens with one attached hydrogen (secondary N) is 1. The summed E-state index contributed by atoms with van der Waals surface area (Å²) in [5.74, 6) is -1.51. The first-order chi connectivity index (χ1) is 23.9. The normalized spacial score (nSPS) is 17.5. The Labute approximate surface area is 292 Å². The first-order valence-electron chi connectivity index (χ1n) is 15.5. The van der Waals surface area contributed by atoms with Crippen molar-refractivity contribution in [3.05, 3.63) is 99.8 Å². The second-order valence-electron chi connectivity index (χ2n) is 11.9. The molecule has 0 saturated carbocycles. The highest BCUT2D eigenvalue weighted by atomic mass is 32.1. The summed E-state index contributed by atoms with van der Waals surface area (Å²) in [6.07, 6.45) is 2.75. The Morgan fingerprint density at radius 2 is 1.96 bits per heavy atom. The molecule has 50 heavy (non-hydrogen) atoms. The van der Waals surface area contributed by atoms with E-state index in [1.165, 1.54) is 55.3 Å². The van der Waals surface area contributed by atoms with Crippen molar-refractivity contribution in [1.29, 1.82) is 5.26 Å². The number of pyridine rings is 1. The van der Waals surface area contributed by atoms with E-state index in [0.717, 1.165) is 5.56 Å². The highest BCUT2D eigenvalue weighted by Gasteiger charge is 2.48. The van der Waals surface area contributed by atoms with Crippen LogP contribution in [-0.2, 0) is 19.9 Å². The molecule has 4 aromatic rings. The minimum absolute atomic E-state index is 0.0783. The molecular formula is C35H36FN8O5S+. The van der Waals surface area contributed by atoms with Gasteiger partial charge >= 0.3 is 12.1 Å². The number of anilines is 1. The fourth-order valence-electron chi connectivity index (χ4n) is 5.54. The van der Waals surface area contributed by atoms with Crippen LogP contribution in [0.15, 0.2) is 82.3 Å². The largest absolute Gasteiger partial charge is 0.443 e. The molecule has 3 heterocycles. The maximum absolute atomic E-state index is 14.6. The lowest BCUT2D eigenvalue weighted by atomic mass is 9.81. The van der Waals surface area contributed by atoms with E-state index in [9.17, 15) is 19.1 Å². The molecule has 4 atom stereocenters. The SMILES string of the molecule is CC(=O)OC(c1cccnc1NC(=O)OCC[N+]1(C[C@](O)(c2cccc(F)c2)[C@@H](C)c2nc(-c3ccc(C#N)cc3)cs2)C=NC=N1)N(C)C. The number of carbonyl (C=O) groups is 2. The first kappa shape index (κ1) is 35.9. The Hall–Kier alpha value is -5.40. The number of hydrogen-bond donors (Lipinski definition) is 2. The minimum Gasteiger partial charge on any atom is -0.443 e. The number of aliphatic imine (C=N–C) groups is 1. The number of esters is 1. The molecule has 15 heteroatoms. The quantitative estimate of drug-likeness (QED) is 0.106. The predicted molar refractivity (Wildman–Crippen MR) is 185 cm³/mol. The summed E-state index contributed by atoms with van der Waals surface area (Å²) < 4.78 is 25.3. The topological polar surface area (TPSA) is 162 Å². The number of nitrogens with zero attached hydrogens (tertiary/aromatic N) is 7. The van der Waals surface area contributed by atoms with Gasteiger partial charge < -0.3 is 14.6 Å². The number of nitriles is 1. The number of ether oxygens (including phenoxy) is 2. The molecule has 2 unspecified atom stereocenters. The van der Waals surface area contributed by atoms with Crippen LogP contribution in [0.4, 0.5) is 15.0 Å². The van der Waals surface area contributed by atoms with E-state index >= 15 is 0 Å². The number of benzene rings is 2. The van der Waals surface area contributed by atoms with Gasteiger partial charge in [-0.3, -0.25) is 15.0 Å². The fourth-order valence-corrected chi connectivity index (χ4v) is 6.51. The number of quaternary nitrogens is 1. The molecule has 1 aliphatic rings. The molecule has 0 fully saturated rings. The summed E-state index contributed by atoms with van der Waals surface area (Å²) in [4.78, 5) is 39.6. The third-order valence-corrected chi connectivity index (χ3v) is 9.20. The van der Waals surface area contributed by atoms with Gasteiger partial charge in [-0.2, -0.15) is 10.3 Å². The maximum atomic E-state index is 14.6. The molecule has 2 N–H and O–H groups in total. The number of carbonyl (C=O) groups excluding carboxylic acids is 2. The molecule has 0 bridgehead atoms. The highest BCUT2D eigenvalue weighted by molar-refractivity contribution is 7.10. The van der Waals surface area contributed by atoms with Gasteiger partial charge in [-0.15, -0.1) is 15.9 Å². The number of hydrogen-bond acceptors (Lipinski definition) is 12. The molecule has 0 aliphatic carbocycles. The number of aromatic nitrogens is 2. The van der Waals surface area contributed by atoms with Crippen LogP contribution in [0.25, 0.3) is 11.3 Å². The summed E-state index contributed by atoms with van der Waals surface area (Å²) in [6, 6.07) is 18.2. The molecule has 0 saturated heterocycles. The van der Waals surface area contributed by atoms with Gasteiger partial charge in [0.2, 0.25) is 6.34 Å². The van der Waals surface area contributed by atoms with Crippen LogP contribution in [0.3, 0.4) is 0 Å². The zero-order valence-corrected chi connectivity index (χ0v) is 28.7. The van der Waals surface area contributed by atoms with Crippen LogP contribution in [-0.4, -0.2) is 83.1 Å². The van der Waals surface area contributed by atoms with E-state index in [0.29, 0.717) is 27.4 Å². The Kier molecular flexibility index (Phi) is 11.1. The third-order valence-electron chi connectivity index (χ3n) is 8.17. The van der Waals surface area contributed by atoms with Gasteiger partial charge in [0, 0.05) is 30.0 Å². The maximum Gasteiger partial charge on any atom is 0.413 e. The Morgan fingerprint density at radius 3 is 2.62 bits per heavy atom. The number of aliphatic hydroxyl groups is 1. The van der Waals surface area contributed by atoms with E-state index in [1.54, 1.807) is 49.3 Å². The standard InChI is InChI=1S/C35H35FN8O5S/c1-23(32-41-30(19-50-32)26-12-10-25(18-37)11-13-26)35(47,27-7-5-8-28(36)17-27)20-44(22-38-21-40-44)15-16-48-34(46)42-31-29(9-6-14-39-31)33(43(3)4)49-24(2)45/h5-14,17,19,21-23,33,47H,15-16,20H2,1-4H3/p+1/t23-,33?,35+,44?/m0/s1. The Balaban J connectivity index is 1.35. The smallest absolute Gasteiger partial charge is 0.413 e. The van der Waals surface area contributed by atoms with Gasteiger partial charge in [0.05, 0.1) is 27.9 Å². The van der Waals surface area contributed by atoms with Gasteiger partial charge in [0.25, 0.3) is 0 Å². The Morgan fingerprint density at radius 1 is 1.18 bits per heavy atom. The second-order valence-corrected chi connectivity index (χ2v) is 12.8. The lowest BCUT2D eigenvalue weighted by Crippen LogP contribution is -2.53. The van der Waals surface area contributed by atoms with E-state index in [2.05, 4.69) is 26.5 Å². The van der Waals surface area contributed by atoms with Crippen LogP contribution >= 0.6 is 11.3 Å². The van der Waals surface area contributed by atoms with Gasteiger partial charge in [-0.1, -0.05) is 36.3 Å². The van der Waals surface area contributed by atoms with Crippen LogP contribution in [0.1, 0.15) is 47.7 Å². The van der Waals surface area contributed by atoms with Crippen molar-refractivity contribution in [2.24, 2.45) is 10.1 Å². The minimum atomic E-state index is -1.71. The molecule has 0 spiro atoms. The van der Waals surface area contributed by atoms with Crippen LogP contribution in [0.2, 0.25) is 0 Å². The summed E-state index contributed by atoms with van der Waals surface area (Å²) in [5.41, 5.74) is 1.07. The van der Waals surface area contributed by atoms with Crippen molar-refractivity contribution in [1.82, 2.24) is 14.9 Å². The summed E-state index contributed by atoms with van der Waals surface area (Å²) in [5, 5.41) is 31.3. The number of halogens is 1. The van der Waals surface area contributed by atoms with Gasteiger partial charge in [0.1, 0.15) is 36.9 Å². The summed E-state index contributed by atoms with van der Waals surface area (Å²) in [7, 11) is 3.44. The molecule has 0 radical (unpaired) electrons. The van der Waals surface area contributed by atoms with Gasteiger partial charge in [0.15, 0.2) is 12.6 Å². The molecule has 1 amide bonds. The van der Waals surface area contributed by atoms with Crippen LogP contribution in [0, 0.1) is 17.1 Å². The molecule has 5 rings (SSSR count). The van der Waals surface area contributed by atoms with Crippen molar-refractivity contribution in [3.63, 3.8) is 0 Å². The van der Waals surface area contributed by atoms with Crippen molar-refractivity contribution >= 4 is 41.9 Å². The molecule has 1 aliphatic heterocycles. The molecule has 2 aromatic carbocycles. The average Bonchev–Trinajstić information content (AvgIpc) is 3.78. The van der Waals surface area contributed by atoms with Crippen molar-refractivity contribution in [2.75, 3.05) is 39.1 Å². The lowest BCUT2D eigenvalue weighted by molar-refractivity contribution is -0.848. The number of amides is 1. The number of thiazole rings is 1. The summed E-state index contributed by atoms with van der Waals surface area (Å²) in [6.45, 7) is 2.94. The van der Waals surface area contributed by atoms with E-state index in [-0.39, 0.29) is 30.1 Å². The Bertz CT molecular complexity index is 1930. The second kappa shape index (κ2) is 15.4. The zero-order chi connectivity index (χ0) is 35.9.